The van der Waals surface area contributed by atoms with Crippen molar-refractivity contribution in [1.29, 1.82) is 0 Å². The van der Waals surface area contributed by atoms with Crippen LogP contribution < -0.4 is 10.2 Å². The number of rotatable bonds is 7. The molecule has 11 nitrogen and oxygen atoms in total. The van der Waals surface area contributed by atoms with E-state index in [1.54, 1.807) is 12.1 Å². The van der Waals surface area contributed by atoms with Gasteiger partial charge < -0.3 is 24.8 Å². The highest BCUT2D eigenvalue weighted by Gasteiger charge is 2.53. The molecule has 4 atom stereocenters. The first-order valence-electron chi connectivity index (χ1n) is 13.0. The minimum atomic E-state index is -0.840. The topological polar surface area (TPSA) is 131 Å². The molecule has 0 bridgehead atoms. The average Bonchev–Trinajstić information content (AvgIpc) is 3.43. The Labute approximate surface area is 217 Å². The first kappa shape index (κ1) is 26.9. The van der Waals surface area contributed by atoms with E-state index in [1.165, 1.54) is 4.90 Å². The molecule has 2 amide bonds. The van der Waals surface area contributed by atoms with Crippen LogP contribution in [0.2, 0.25) is 0 Å². The molecule has 0 aliphatic carbocycles. The number of hydrogen-bond acceptors (Lipinski definition) is 7. The number of carbonyl (C=O) groups is 3. The predicted molar refractivity (Wildman–Crippen MR) is 139 cm³/mol. The second-order valence-corrected chi connectivity index (χ2v) is 11.2. The molecule has 11 heteroatoms. The number of nitrogens with zero attached hydrogens (tertiary/aromatic N) is 6. The van der Waals surface area contributed by atoms with Gasteiger partial charge >= 0.3 is 0 Å². The second kappa shape index (κ2) is 11.1. The van der Waals surface area contributed by atoms with Gasteiger partial charge in [0.25, 0.3) is 5.91 Å². The van der Waals surface area contributed by atoms with Gasteiger partial charge in [-0.1, -0.05) is 32.8 Å². The molecule has 1 aromatic rings. The van der Waals surface area contributed by atoms with Crippen LogP contribution in [0.25, 0.3) is 10.4 Å². The lowest BCUT2D eigenvalue weighted by atomic mass is 9.87. The normalized spacial score (nSPS) is 25.0. The van der Waals surface area contributed by atoms with Gasteiger partial charge in [0.15, 0.2) is 5.78 Å². The monoisotopic (exact) mass is 511 g/mol. The summed E-state index contributed by atoms with van der Waals surface area (Å²) in [7, 11) is 0. The molecule has 4 rings (SSSR count). The van der Waals surface area contributed by atoms with E-state index < -0.39 is 24.2 Å². The summed E-state index contributed by atoms with van der Waals surface area (Å²) in [5.74, 6) is -0.926. The van der Waals surface area contributed by atoms with Gasteiger partial charge in [0.2, 0.25) is 5.91 Å². The Bertz CT molecular complexity index is 1060. The van der Waals surface area contributed by atoms with E-state index in [4.69, 9.17) is 10.3 Å². The first-order chi connectivity index (χ1) is 17.6. The van der Waals surface area contributed by atoms with Gasteiger partial charge in [0.05, 0.1) is 12.1 Å². The number of piperazine rings is 1. The highest BCUT2D eigenvalue weighted by Crippen LogP contribution is 2.32. The number of azide groups is 1. The van der Waals surface area contributed by atoms with Crippen LogP contribution in [0.4, 0.5) is 5.69 Å². The molecular weight excluding hydrogens is 474 g/mol. The van der Waals surface area contributed by atoms with Crippen molar-refractivity contribution in [3.8, 4) is 0 Å². The Morgan fingerprint density at radius 2 is 1.86 bits per heavy atom. The quantitative estimate of drug-likeness (QED) is 0.339. The molecule has 0 unspecified atom stereocenters. The maximum absolute atomic E-state index is 13.7. The predicted octanol–water partition coefficient (Wildman–Crippen LogP) is 2.22. The van der Waals surface area contributed by atoms with Gasteiger partial charge in [-0.3, -0.25) is 14.4 Å². The Morgan fingerprint density at radius 3 is 2.46 bits per heavy atom. The summed E-state index contributed by atoms with van der Waals surface area (Å²) in [5, 5.41) is 6.66. The summed E-state index contributed by atoms with van der Waals surface area (Å²) in [4.78, 5) is 48.5. The van der Waals surface area contributed by atoms with Crippen LogP contribution in [0, 0.1) is 5.41 Å². The summed E-state index contributed by atoms with van der Waals surface area (Å²) in [6, 6.07) is 5.19. The van der Waals surface area contributed by atoms with Gasteiger partial charge in [0.1, 0.15) is 18.7 Å². The Hall–Kier alpha value is -3.14. The minimum Gasteiger partial charge on any atom is -0.369 e. The van der Waals surface area contributed by atoms with Gasteiger partial charge in [0, 0.05) is 48.9 Å². The fourth-order valence-corrected chi connectivity index (χ4v) is 5.43. The Kier molecular flexibility index (Phi) is 8.06. The summed E-state index contributed by atoms with van der Waals surface area (Å²) in [6.07, 6.45) is -0.267. The summed E-state index contributed by atoms with van der Waals surface area (Å²) < 4.78 is 5.54. The van der Waals surface area contributed by atoms with E-state index in [1.807, 2.05) is 32.9 Å². The molecule has 1 aromatic carbocycles. The molecule has 0 spiro atoms. The molecule has 0 aromatic heterocycles. The van der Waals surface area contributed by atoms with Crippen molar-refractivity contribution in [3.63, 3.8) is 0 Å². The molecule has 3 aliphatic rings. The smallest absolute Gasteiger partial charge is 0.251 e. The standard InChI is InChI=1S/C26H37N7O4/c1-5-31-10-12-32(13-11-31)18-8-6-17(7-9-18)24(35)28-19(14-26(2,3)4)25(36)33-15-20(29-30-27)23-22(33)21(34)16-37-23/h6-9,19-20,22-23H,5,10-16H2,1-4H3,(H,28,35)/t19-,20-,22+,23+/m0/s1. The highest BCUT2D eigenvalue weighted by molar-refractivity contribution is 5.99. The zero-order valence-corrected chi connectivity index (χ0v) is 22.1. The summed E-state index contributed by atoms with van der Waals surface area (Å²) in [5.41, 5.74) is 10.2. The van der Waals surface area contributed by atoms with Crippen LogP contribution in [-0.4, -0.2) is 97.5 Å². The lowest BCUT2D eigenvalue weighted by Gasteiger charge is -2.35. The van der Waals surface area contributed by atoms with E-state index in [-0.39, 0.29) is 36.2 Å². The maximum Gasteiger partial charge on any atom is 0.251 e. The Balaban J connectivity index is 1.48. The molecule has 0 saturated carbocycles. The molecule has 3 aliphatic heterocycles. The zero-order chi connectivity index (χ0) is 26.7. The molecule has 37 heavy (non-hydrogen) atoms. The van der Waals surface area contributed by atoms with Crippen LogP contribution in [0.1, 0.15) is 44.5 Å². The number of anilines is 1. The van der Waals surface area contributed by atoms with Crippen molar-refractivity contribution < 1.29 is 19.1 Å². The molecule has 3 heterocycles. The molecular formula is C26H37N7O4. The second-order valence-electron chi connectivity index (χ2n) is 11.2. The summed E-state index contributed by atoms with van der Waals surface area (Å²) in [6.45, 7) is 13.1. The molecule has 1 N–H and O–H groups in total. The molecule has 3 fully saturated rings. The number of likely N-dealkylation sites (N-methyl/N-ethyl adjacent to an activating group) is 1. The number of ketones is 1. The number of amides is 2. The van der Waals surface area contributed by atoms with E-state index in [2.05, 4.69) is 32.1 Å². The van der Waals surface area contributed by atoms with E-state index >= 15 is 0 Å². The largest absolute Gasteiger partial charge is 0.369 e. The lowest BCUT2D eigenvalue weighted by Crippen LogP contribution is -2.53. The number of Topliss-reactive ketones (excluding diaryl/α,β-unsaturated/α-hetero) is 1. The first-order valence-corrected chi connectivity index (χ1v) is 13.0. The fourth-order valence-electron chi connectivity index (χ4n) is 5.43. The van der Waals surface area contributed by atoms with Crippen molar-refractivity contribution in [2.75, 3.05) is 50.8 Å². The third-order valence-electron chi connectivity index (χ3n) is 7.37. The maximum atomic E-state index is 13.7. The number of ether oxygens (including phenoxy) is 1. The van der Waals surface area contributed by atoms with E-state index in [9.17, 15) is 14.4 Å². The van der Waals surface area contributed by atoms with Crippen molar-refractivity contribution in [2.24, 2.45) is 10.5 Å². The molecule has 0 radical (unpaired) electrons. The van der Waals surface area contributed by atoms with Gasteiger partial charge in [-0.05, 0) is 48.2 Å². The molecule has 200 valence electrons. The Morgan fingerprint density at radius 1 is 1.19 bits per heavy atom. The number of carbonyl (C=O) groups excluding carboxylic acids is 3. The number of fused-ring (bicyclic) bond motifs is 1. The average molecular weight is 512 g/mol. The van der Waals surface area contributed by atoms with E-state index in [0.717, 1.165) is 38.4 Å². The van der Waals surface area contributed by atoms with Crippen LogP contribution in [0.3, 0.4) is 0 Å². The minimum absolute atomic E-state index is 0.0838. The van der Waals surface area contributed by atoms with Crippen LogP contribution in [0.15, 0.2) is 29.4 Å². The summed E-state index contributed by atoms with van der Waals surface area (Å²) >= 11 is 0. The third-order valence-corrected chi connectivity index (χ3v) is 7.37. The number of likely N-dealkylation sites (tertiary alicyclic amines) is 1. The van der Waals surface area contributed by atoms with Crippen LogP contribution >= 0.6 is 0 Å². The van der Waals surface area contributed by atoms with Gasteiger partial charge in [-0.25, -0.2) is 0 Å². The number of nitrogens with one attached hydrogen (secondary N) is 1. The number of hydrogen-bond donors (Lipinski definition) is 1. The van der Waals surface area contributed by atoms with Crippen molar-refractivity contribution in [3.05, 3.63) is 40.3 Å². The van der Waals surface area contributed by atoms with E-state index in [0.29, 0.717) is 12.0 Å². The zero-order valence-electron chi connectivity index (χ0n) is 22.1. The van der Waals surface area contributed by atoms with Crippen molar-refractivity contribution in [1.82, 2.24) is 15.1 Å². The lowest BCUT2D eigenvalue weighted by molar-refractivity contribution is -0.138. The van der Waals surface area contributed by atoms with Crippen molar-refractivity contribution >= 4 is 23.3 Å². The SMILES string of the molecule is CCN1CCN(c2ccc(C(=O)N[C@@H](CC(C)(C)C)C(=O)N3C[C@H](N=[N+]=[N-])[C@H]4OCC(=O)[C@H]43)cc2)CC1. The van der Waals surface area contributed by atoms with Gasteiger partial charge in [-0.2, -0.15) is 0 Å². The van der Waals surface area contributed by atoms with Gasteiger partial charge in [-0.15, -0.1) is 0 Å². The highest BCUT2D eigenvalue weighted by atomic mass is 16.5. The fraction of sp³-hybridized carbons (Fsp3) is 0.654. The third kappa shape index (κ3) is 6.06. The van der Waals surface area contributed by atoms with Crippen LogP contribution in [-0.2, 0) is 14.3 Å². The number of benzene rings is 1. The van der Waals surface area contributed by atoms with Crippen molar-refractivity contribution in [2.45, 2.75) is 58.3 Å². The molecule has 3 saturated heterocycles. The van der Waals surface area contributed by atoms with Crippen LogP contribution in [0.5, 0.6) is 0 Å².